The van der Waals surface area contributed by atoms with Crippen molar-refractivity contribution in [3.63, 3.8) is 0 Å². The van der Waals surface area contributed by atoms with Crippen molar-refractivity contribution in [3.05, 3.63) is 29.8 Å². The van der Waals surface area contributed by atoms with E-state index in [-0.39, 0.29) is 6.61 Å². The monoisotopic (exact) mass is 251 g/mol. The maximum atomic E-state index is 9.25. The van der Waals surface area contributed by atoms with Gasteiger partial charge in [0.15, 0.2) is 0 Å². The Labute approximate surface area is 108 Å². The highest BCUT2D eigenvalue weighted by Crippen LogP contribution is 2.37. The van der Waals surface area contributed by atoms with Crippen LogP contribution in [0.4, 0.5) is 0 Å². The van der Waals surface area contributed by atoms with E-state index in [2.05, 4.69) is 17.4 Å². The molecule has 100 valence electrons. The lowest BCUT2D eigenvalue weighted by Gasteiger charge is -2.37. The van der Waals surface area contributed by atoms with Crippen LogP contribution < -0.4 is 10.1 Å². The van der Waals surface area contributed by atoms with Crippen LogP contribution in [-0.2, 0) is 0 Å². The van der Waals surface area contributed by atoms with E-state index in [0.717, 1.165) is 18.6 Å². The molecule has 0 saturated heterocycles. The van der Waals surface area contributed by atoms with Gasteiger partial charge in [-0.05, 0) is 36.5 Å². The molecule has 2 rings (SSSR count). The van der Waals surface area contributed by atoms with Crippen LogP contribution in [0.5, 0.6) is 5.75 Å². The lowest BCUT2D eigenvalue weighted by Crippen LogP contribution is -2.44. The van der Waals surface area contributed by atoms with Crippen molar-refractivity contribution in [2.45, 2.75) is 30.9 Å². The number of nitrogens with one attached hydrogen (secondary N) is 1. The number of ether oxygens (including phenoxy) is 1. The predicted octanol–water partition coefficient (Wildman–Crippen LogP) is 0.884. The topological polar surface area (TPSA) is 61.7 Å². The minimum atomic E-state index is -0.652. The molecule has 1 aromatic carbocycles. The third-order valence-electron chi connectivity index (χ3n) is 3.56. The number of rotatable bonds is 6. The summed E-state index contributed by atoms with van der Waals surface area (Å²) in [5.41, 5.74) is 1.31. The number of hydrogen-bond donors (Lipinski definition) is 3. The fraction of sp³-hybridized carbons (Fsp3) is 0.571. The van der Waals surface area contributed by atoms with Crippen LogP contribution in [0.25, 0.3) is 0 Å². The first-order chi connectivity index (χ1) is 8.72. The zero-order chi connectivity index (χ0) is 13.0. The van der Waals surface area contributed by atoms with Gasteiger partial charge in [-0.15, -0.1) is 0 Å². The molecule has 0 heterocycles. The van der Waals surface area contributed by atoms with Crippen molar-refractivity contribution in [1.82, 2.24) is 5.32 Å². The molecule has 4 heteroatoms. The summed E-state index contributed by atoms with van der Waals surface area (Å²) in [4.78, 5) is 0. The molecule has 1 saturated carbocycles. The van der Waals surface area contributed by atoms with Crippen LogP contribution >= 0.6 is 0 Å². The van der Waals surface area contributed by atoms with Gasteiger partial charge in [0, 0.05) is 12.6 Å². The summed E-state index contributed by atoms with van der Waals surface area (Å²) in [6, 6.07) is 8.64. The quantitative estimate of drug-likeness (QED) is 0.702. The standard InChI is InChI=1S/C14H21NO3/c1-18-14-4-2-3-10(7-14)11-5-12(6-11)15-8-13(17)9-16/h2-4,7,11-13,15-17H,5-6,8-9H2,1H3. The first kappa shape index (κ1) is 13.3. The molecule has 0 aliphatic heterocycles. The Morgan fingerprint density at radius 3 is 2.89 bits per heavy atom. The van der Waals surface area contributed by atoms with Gasteiger partial charge in [0.05, 0.1) is 19.8 Å². The largest absolute Gasteiger partial charge is 0.497 e. The van der Waals surface area contributed by atoms with Crippen LogP contribution in [-0.4, -0.2) is 42.6 Å². The fourth-order valence-corrected chi connectivity index (χ4v) is 2.32. The second kappa shape index (κ2) is 6.18. The van der Waals surface area contributed by atoms with Gasteiger partial charge >= 0.3 is 0 Å². The summed E-state index contributed by atoms with van der Waals surface area (Å²) >= 11 is 0. The first-order valence-corrected chi connectivity index (χ1v) is 6.39. The zero-order valence-electron chi connectivity index (χ0n) is 10.7. The molecular formula is C14H21NO3. The second-order valence-corrected chi connectivity index (χ2v) is 4.89. The van der Waals surface area contributed by atoms with E-state index < -0.39 is 6.10 Å². The molecule has 0 radical (unpaired) electrons. The van der Waals surface area contributed by atoms with E-state index in [4.69, 9.17) is 9.84 Å². The number of aliphatic hydroxyl groups is 2. The minimum absolute atomic E-state index is 0.182. The Hall–Kier alpha value is -1.10. The highest BCUT2D eigenvalue weighted by atomic mass is 16.5. The van der Waals surface area contributed by atoms with Crippen molar-refractivity contribution in [2.75, 3.05) is 20.3 Å². The first-order valence-electron chi connectivity index (χ1n) is 6.39. The second-order valence-electron chi connectivity index (χ2n) is 4.89. The molecule has 4 nitrogen and oxygen atoms in total. The molecule has 1 aromatic rings. The van der Waals surface area contributed by atoms with E-state index in [1.807, 2.05) is 12.1 Å². The average molecular weight is 251 g/mol. The number of hydrogen-bond acceptors (Lipinski definition) is 4. The maximum Gasteiger partial charge on any atom is 0.119 e. The highest BCUT2D eigenvalue weighted by molar-refractivity contribution is 5.32. The molecule has 1 aliphatic carbocycles. The average Bonchev–Trinajstić information content (AvgIpc) is 2.36. The SMILES string of the molecule is COc1cccc(C2CC(NCC(O)CO)C2)c1. The van der Waals surface area contributed by atoms with Crippen molar-refractivity contribution >= 4 is 0 Å². The summed E-state index contributed by atoms with van der Waals surface area (Å²) in [6.07, 6.45) is 1.50. The molecule has 3 N–H and O–H groups in total. The molecule has 0 bridgehead atoms. The Kier molecular flexibility index (Phi) is 4.58. The molecule has 1 aliphatic rings. The van der Waals surface area contributed by atoms with Crippen LogP contribution in [0.1, 0.15) is 24.3 Å². The van der Waals surface area contributed by atoms with Crippen LogP contribution in [0.2, 0.25) is 0 Å². The van der Waals surface area contributed by atoms with Gasteiger partial charge < -0.3 is 20.3 Å². The molecule has 1 atom stereocenters. The van der Waals surface area contributed by atoms with Gasteiger partial charge in [-0.2, -0.15) is 0 Å². The molecule has 0 aromatic heterocycles. The molecule has 1 fully saturated rings. The number of methoxy groups -OCH3 is 1. The minimum Gasteiger partial charge on any atom is -0.497 e. The van der Waals surface area contributed by atoms with E-state index in [1.54, 1.807) is 7.11 Å². The van der Waals surface area contributed by atoms with Crippen molar-refractivity contribution < 1.29 is 14.9 Å². The molecule has 18 heavy (non-hydrogen) atoms. The Bertz CT molecular complexity index is 377. The Morgan fingerprint density at radius 1 is 1.44 bits per heavy atom. The van der Waals surface area contributed by atoms with E-state index in [1.165, 1.54) is 5.56 Å². The van der Waals surface area contributed by atoms with Crippen molar-refractivity contribution in [3.8, 4) is 5.75 Å². The third kappa shape index (κ3) is 3.22. The Morgan fingerprint density at radius 2 is 2.22 bits per heavy atom. The van der Waals surface area contributed by atoms with Gasteiger partial charge in [0.1, 0.15) is 5.75 Å². The van der Waals surface area contributed by atoms with Gasteiger partial charge in [-0.25, -0.2) is 0 Å². The van der Waals surface area contributed by atoms with Crippen LogP contribution in [0.15, 0.2) is 24.3 Å². The predicted molar refractivity (Wildman–Crippen MR) is 69.9 cm³/mol. The van der Waals surface area contributed by atoms with E-state index in [0.29, 0.717) is 18.5 Å². The number of aliphatic hydroxyl groups excluding tert-OH is 2. The van der Waals surface area contributed by atoms with Crippen LogP contribution in [0, 0.1) is 0 Å². The molecular weight excluding hydrogens is 230 g/mol. The van der Waals surface area contributed by atoms with Gasteiger partial charge in [-0.1, -0.05) is 12.1 Å². The summed E-state index contributed by atoms with van der Waals surface area (Å²) in [6.45, 7) is 0.283. The Balaban J connectivity index is 1.78. The summed E-state index contributed by atoms with van der Waals surface area (Å²) in [5.74, 6) is 1.48. The van der Waals surface area contributed by atoms with E-state index in [9.17, 15) is 5.11 Å². The molecule has 1 unspecified atom stereocenters. The van der Waals surface area contributed by atoms with Crippen molar-refractivity contribution in [1.29, 1.82) is 0 Å². The van der Waals surface area contributed by atoms with Gasteiger partial charge in [-0.3, -0.25) is 0 Å². The van der Waals surface area contributed by atoms with Crippen molar-refractivity contribution in [2.24, 2.45) is 0 Å². The normalized spacial score (nSPS) is 24.4. The number of benzene rings is 1. The smallest absolute Gasteiger partial charge is 0.119 e. The summed E-state index contributed by atoms with van der Waals surface area (Å²) in [7, 11) is 1.68. The molecule has 0 spiro atoms. The van der Waals surface area contributed by atoms with E-state index >= 15 is 0 Å². The maximum absolute atomic E-state index is 9.25. The summed E-state index contributed by atoms with van der Waals surface area (Å²) < 4.78 is 5.22. The van der Waals surface area contributed by atoms with Gasteiger partial charge in [0.25, 0.3) is 0 Å². The van der Waals surface area contributed by atoms with Crippen LogP contribution in [0.3, 0.4) is 0 Å². The molecule has 0 amide bonds. The fourth-order valence-electron chi connectivity index (χ4n) is 2.32. The lowest BCUT2D eigenvalue weighted by atomic mass is 9.76. The third-order valence-corrected chi connectivity index (χ3v) is 3.56. The zero-order valence-corrected chi connectivity index (χ0v) is 10.7. The highest BCUT2D eigenvalue weighted by Gasteiger charge is 2.30. The summed E-state index contributed by atoms with van der Waals surface area (Å²) in [5, 5.41) is 21.2. The van der Waals surface area contributed by atoms with Gasteiger partial charge in [0.2, 0.25) is 0 Å². The lowest BCUT2D eigenvalue weighted by molar-refractivity contribution is 0.0872.